The van der Waals surface area contributed by atoms with E-state index < -0.39 is 0 Å². The molecule has 0 amide bonds. The van der Waals surface area contributed by atoms with Crippen LogP contribution in [0.3, 0.4) is 0 Å². The van der Waals surface area contributed by atoms with Crippen LogP contribution in [0.25, 0.3) is 5.69 Å². The quantitative estimate of drug-likeness (QED) is 0.918. The lowest BCUT2D eigenvalue weighted by Crippen LogP contribution is -2.17. The maximum absolute atomic E-state index is 4.42. The maximum atomic E-state index is 4.42. The third-order valence-corrected chi connectivity index (χ3v) is 3.72. The van der Waals surface area contributed by atoms with Gasteiger partial charge in [0.05, 0.1) is 11.9 Å². The van der Waals surface area contributed by atoms with Gasteiger partial charge in [-0.25, -0.2) is 4.98 Å². The van der Waals surface area contributed by atoms with Crippen molar-refractivity contribution in [3.05, 3.63) is 24.8 Å². The van der Waals surface area contributed by atoms with Crippen LogP contribution in [0.1, 0.15) is 45.6 Å². The maximum Gasteiger partial charge on any atom is 0.207 e. The smallest absolute Gasteiger partial charge is 0.207 e. The first-order valence-electron chi connectivity index (χ1n) is 7.08. The molecule has 1 aliphatic rings. The van der Waals surface area contributed by atoms with Crippen LogP contribution in [0.4, 0.5) is 5.95 Å². The Morgan fingerprint density at radius 1 is 1.32 bits per heavy atom. The summed E-state index contributed by atoms with van der Waals surface area (Å²) in [6.07, 6.45) is 12.9. The molecule has 0 aliphatic heterocycles. The molecule has 0 aromatic carbocycles. The van der Waals surface area contributed by atoms with Gasteiger partial charge in [0.15, 0.2) is 0 Å². The van der Waals surface area contributed by atoms with Gasteiger partial charge in [-0.2, -0.15) is 5.10 Å². The molecule has 2 heterocycles. The van der Waals surface area contributed by atoms with Crippen molar-refractivity contribution < 1.29 is 0 Å². The molecule has 0 spiro atoms. The largest absolute Gasteiger partial charge is 0.353 e. The van der Waals surface area contributed by atoms with Gasteiger partial charge in [0.25, 0.3) is 0 Å². The Balaban J connectivity index is 1.81. The molecule has 2 aromatic rings. The predicted molar refractivity (Wildman–Crippen MR) is 75.6 cm³/mol. The number of hydrogen-bond acceptors (Lipinski definition) is 3. The van der Waals surface area contributed by atoms with Crippen molar-refractivity contribution in [1.29, 1.82) is 0 Å². The van der Waals surface area contributed by atoms with Crippen LogP contribution >= 0.6 is 0 Å². The van der Waals surface area contributed by atoms with Crippen molar-refractivity contribution in [1.82, 2.24) is 19.3 Å². The second-order valence-corrected chi connectivity index (χ2v) is 5.52. The second kappa shape index (κ2) is 5.07. The van der Waals surface area contributed by atoms with Crippen LogP contribution in [-0.4, -0.2) is 25.4 Å². The number of hydrogen-bond donors (Lipinski definition) is 1. The molecule has 0 bridgehead atoms. The lowest BCUT2D eigenvalue weighted by atomic mass is 10.2. The van der Waals surface area contributed by atoms with Crippen molar-refractivity contribution in [2.24, 2.45) is 0 Å². The molecule has 2 aromatic heterocycles. The van der Waals surface area contributed by atoms with Crippen LogP contribution in [0.5, 0.6) is 0 Å². The minimum atomic E-state index is 0.378. The summed E-state index contributed by atoms with van der Waals surface area (Å²) in [5.41, 5.74) is 1.06. The van der Waals surface area contributed by atoms with E-state index in [4.69, 9.17) is 0 Å². The molecule has 1 aliphatic carbocycles. The fourth-order valence-corrected chi connectivity index (χ4v) is 2.61. The van der Waals surface area contributed by atoms with Crippen LogP contribution < -0.4 is 5.32 Å². The Kier molecular flexibility index (Phi) is 3.27. The van der Waals surface area contributed by atoms with Gasteiger partial charge in [-0.1, -0.05) is 12.8 Å². The van der Waals surface area contributed by atoms with E-state index in [1.54, 1.807) is 0 Å². The highest BCUT2D eigenvalue weighted by Gasteiger charge is 2.17. The van der Waals surface area contributed by atoms with Gasteiger partial charge in [-0.05, 0) is 26.7 Å². The highest BCUT2D eigenvalue weighted by Crippen LogP contribution is 2.23. The molecule has 0 atom stereocenters. The summed E-state index contributed by atoms with van der Waals surface area (Å²) in [5, 5.41) is 7.93. The molecule has 102 valence electrons. The van der Waals surface area contributed by atoms with E-state index in [9.17, 15) is 0 Å². The van der Waals surface area contributed by atoms with Crippen molar-refractivity contribution >= 4 is 5.95 Å². The van der Waals surface area contributed by atoms with E-state index in [0.717, 1.165) is 11.6 Å². The van der Waals surface area contributed by atoms with Gasteiger partial charge in [0.2, 0.25) is 5.95 Å². The zero-order valence-corrected chi connectivity index (χ0v) is 11.6. The monoisotopic (exact) mass is 259 g/mol. The fourth-order valence-electron chi connectivity index (χ4n) is 2.61. The zero-order valence-electron chi connectivity index (χ0n) is 11.6. The van der Waals surface area contributed by atoms with E-state index in [1.165, 1.54) is 25.7 Å². The molecule has 0 unspecified atom stereocenters. The summed E-state index contributed by atoms with van der Waals surface area (Å²) in [6, 6.07) is 0.949. The third kappa shape index (κ3) is 2.50. The van der Waals surface area contributed by atoms with Gasteiger partial charge < -0.3 is 5.32 Å². The summed E-state index contributed by atoms with van der Waals surface area (Å²) in [4.78, 5) is 4.42. The first-order chi connectivity index (χ1) is 9.24. The summed E-state index contributed by atoms with van der Waals surface area (Å²) in [7, 11) is 0. The highest BCUT2D eigenvalue weighted by atomic mass is 15.3. The second-order valence-electron chi connectivity index (χ2n) is 5.52. The number of anilines is 1. The van der Waals surface area contributed by atoms with E-state index in [1.807, 2.05) is 23.3 Å². The number of nitrogens with one attached hydrogen (secondary N) is 1. The third-order valence-electron chi connectivity index (χ3n) is 3.72. The Morgan fingerprint density at radius 2 is 2.11 bits per heavy atom. The number of nitrogens with zero attached hydrogens (tertiary/aromatic N) is 4. The Labute approximate surface area is 113 Å². The number of imidazole rings is 1. The standard InChI is InChI=1S/C14H21N5/c1-11(2)19-10-13(9-16-19)18-8-7-15-14(18)17-12-5-3-4-6-12/h7-12H,3-6H2,1-2H3,(H,15,17). The number of aromatic nitrogens is 4. The molecule has 1 saturated carbocycles. The first kappa shape index (κ1) is 12.3. The molecule has 5 heteroatoms. The van der Waals surface area contributed by atoms with Crippen molar-refractivity contribution in [2.75, 3.05) is 5.32 Å². The molecule has 3 rings (SSSR count). The SMILES string of the molecule is CC(C)n1cc(-n2ccnc2NC2CCCC2)cn1. The first-order valence-corrected chi connectivity index (χ1v) is 7.08. The predicted octanol–water partition coefficient (Wildman–Crippen LogP) is 3.00. The Morgan fingerprint density at radius 3 is 2.79 bits per heavy atom. The molecule has 1 N–H and O–H groups in total. The van der Waals surface area contributed by atoms with Gasteiger partial charge in [0, 0.05) is 30.7 Å². The minimum Gasteiger partial charge on any atom is -0.353 e. The summed E-state index contributed by atoms with van der Waals surface area (Å²) < 4.78 is 4.04. The van der Waals surface area contributed by atoms with Crippen LogP contribution in [0.15, 0.2) is 24.8 Å². The van der Waals surface area contributed by atoms with E-state index >= 15 is 0 Å². The van der Waals surface area contributed by atoms with Crippen molar-refractivity contribution in [2.45, 2.75) is 51.6 Å². The molecule has 5 nitrogen and oxygen atoms in total. The Bertz CT molecular complexity index is 534. The molecule has 0 saturated heterocycles. The van der Waals surface area contributed by atoms with Crippen LogP contribution in [0.2, 0.25) is 0 Å². The number of rotatable bonds is 4. The lowest BCUT2D eigenvalue weighted by molar-refractivity contribution is 0.532. The molecular formula is C14H21N5. The van der Waals surface area contributed by atoms with E-state index in [2.05, 4.69) is 40.0 Å². The fraction of sp³-hybridized carbons (Fsp3) is 0.571. The average molecular weight is 259 g/mol. The van der Waals surface area contributed by atoms with Crippen molar-refractivity contribution in [3.63, 3.8) is 0 Å². The highest BCUT2D eigenvalue weighted by molar-refractivity contribution is 5.40. The topological polar surface area (TPSA) is 47.7 Å². The lowest BCUT2D eigenvalue weighted by Gasteiger charge is -2.13. The van der Waals surface area contributed by atoms with Gasteiger partial charge >= 0.3 is 0 Å². The summed E-state index contributed by atoms with van der Waals surface area (Å²) >= 11 is 0. The molecule has 19 heavy (non-hydrogen) atoms. The average Bonchev–Trinajstić information content (AvgIpc) is 3.09. The van der Waals surface area contributed by atoms with Gasteiger partial charge in [-0.15, -0.1) is 0 Å². The molecular weight excluding hydrogens is 238 g/mol. The van der Waals surface area contributed by atoms with Crippen molar-refractivity contribution in [3.8, 4) is 5.69 Å². The summed E-state index contributed by atoms with van der Waals surface area (Å²) in [5.74, 6) is 0.926. The minimum absolute atomic E-state index is 0.378. The summed E-state index contributed by atoms with van der Waals surface area (Å²) in [6.45, 7) is 4.25. The van der Waals surface area contributed by atoms with Gasteiger partial charge in [0.1, 0.15) is 0 Å². The van der Waals surface area contributed by atoms with Crippen LogP contribution in [-0.2, 0) is 0 Å². The Hall–Kier alpha value is -1.78. The van der Waals surface area contributed by atoms with E-state index in [0.29, 0.717) is 12.1 Å². The van der Waals surface area contributed by atoms with Crippen LogP contribution in [0, 0.1) is 0 Å². The normalized spacial score (nSPS) is 16.4. The molecule has 0 radical (unpaired) electrons. The zero-order chi connectivity index (χ0) is 13.2. The molecule has 1 fully saturated rings. The van der Waals surface area contributed by atoms with E-state index in [-0.39, 0.29) is 0 Å². The van der Waals surface area contributed by atoms with Gasteiger partial charge in [-0.3, -0.25) is 9.25 Å².